The summed E-state index contributed by atoms with van der Waals surface area (Å²) in [6.07, 6.45) is 8.59. The molecule has 1 amide bonds. The van der Waals surface area contributed by atoms with Crippen molar-refractivity contribution in [1.82, 2.24) is 20.1 Å². The molecule has 0 saturated heterocycles. The molecule has 0 unspecified atom stereocenters. The van der Waals surface area contributed by atoms with E-state index < -0.39 is 0 Å². The molecule has 2 aromatic heterocycles. The van der Waals surface area contributed by atoms with Gasteiger partial charge in [0.15, 0.2) is 0 Å². The Bertz CT molecular complexity index is 968. The van der Waals surface area contributed by atoms with Gasteiger partial charge in [0, 0.05) is 41.6 Å². The van der Waals surface area contributed by atoms with Crippen LogP contribution >= 0.6 is 11.6 Å². The highest BCUT2D eigenvalue weighted by Crippen LogP contribution is 2.41. The summed E-state index contributed by atoms with van der Waals surface area (Å²) < 4.78 is 0. The van der Waals surface area contributed by atoms with Gasteiger partial charge >= 0.3 is 0 Å². The number of carbonyl (C=O) groups is 1. The molecule has 0 spiro atoms. The first-order valence-electron chi connectivity index (χ1n) is 10.3. The van der Waals surface area contributed by atoms with Crippen LogP contribution in [-0.2, 0) is 12.0 Å². The van der Waals surface area contributed by atoms with E-state index in [0.29, 0.717) is 18.7 Å². The molecule has 0 aliphatic heterocycles. The van der Waals surface area contributed by atoms with Gasteiger partial charge in [0.2, 0.25) is 0 Å². The number of hydrogen-bond acceptors (Lipinski definition) is 4. The maximum Gasteiger partial charge on any atom is 0.256 e. The van der Waals surface area contributed by atoms with Crippen molar-refractivity contribution >= 4 is 17.5 Å². The molecule has 1 aromatic carbocycles. The standard InChI is InChI=1S/C23H26ClN5O/c24-19-5-1-4-18(13-19)23(16-25)9-6-21(7-10-23)29(15-20-8-12-27-28-20)22(30)17-3-2-11-26-14-17/h1-5,8,11-14,21H,6-7,9-10,15-16,25H2,(H,27,28). The minimum atomic E-state index is -0.0988. The van der Waals surface area contributed by atoms with Crippen molar-refractivity contribution in [2.24, 2.45) is 5.73 Å². The molecule has 4 rings (SSSR count). The Morgan fingerprint density at radius 2 is 2.03 bits per heavy atom. The molecule has 156 valence electrons. The second-order valence-electron chi connectivity index (χ2n) is 7.98. The lowest BCUT2D eigenvalue weighted by Gasteiger charge is -2.43. The Labute approximate surface area is 181 Å². The largest absolute Gasteiger partial charge is 0.330 e. The second-order valence-corrected chi connectivity index (χ2v) is 8.42. The van der Waals surface area contributed by atoms with Crippen LogP contribution in [0, 0.1) is 0 Å². The molecular weight excluding hydrogens is 398 g/mol. The summed E-state index contributed by atoms with van der Waals surface area (Å²) in [5, 5.41) is 7.74. The Hall–Kier alpha value is -2.70. The third kappa shape index (κ3) is 4.25. The van der Waals surface area contributed by atoms with Gasteiger partial charge in [-0.3, -0.25) is 14.9 Å². The molecule has 0 bridgehead atoms. The number of rotatable bonds is 6. The number of amides is 1. The fraction of sp³-hybridized carbons (Fsp3) is 0.348. The highest BCUT2D eigenvalue weighted by atomic mass is 35.5. The van der Waals surface area contributed by atoms with Crippen LogP contribution in [0.15, 0.2) is 61.1 Å². The first kappa shape index (κ1) is 20.6. The normalized spacial score (nSPS) is 21.3. The van der Waals surface area contributed by atoms with Crippen molar-refractivity contribution < 1.29 is 4.79 Å². The summed E-state index contributed by atoms with van der Waals surface area (Å²) in [6.45, 7) is 1.06. The second kappa shape index (κ2) is 8.98. The minimum absolute atomic E-state index is 0.00861. The van der Waals surface area contributed by atoms with Crippen LogP contribution in [-0.4, -0.2) is 38.6 Å². The van der Waals surface area contributed by atoms with E-state index in [9.17, 15) is 4.79 Å². The number of benzene rings is 1. The number of aromatic amines is 1. The van der Waals surface area contributed by atoms with E-state index >= 15 is 0 Å². The SMILES string of the molecule is NCC1(c2cccc(Cl)c2)CCC(N(Cc2ccn[nH]2)C(=O)c2cccnc2)CC1. The molecule has 1 aliphatic carbocycles. The fourth-order valence-corrected chi connectivity index (χ4v) is 4.66. The quantitative estimate of drug-likeness (QED) is 0.628. The summed E-state index contributed by atoms with van der Waals surface area (Å²) >= 11 is 6.24. The lowest BCUT2D eigenvalue weighted by Crippen LogP contribution is -2.47. The predicted molar refractivity (Wildman–Crippen MR) is 117 cm³/mol. The predicted octanol–water partition coefficient (Wildman–Crippen LogP) is 3.94. The number of nitrogens with two attached hydrogens (primary N) is 1. The Morgan fingerprint density at radius 3 is 2.67 bits per heavy atom. The Balaban J connectivity index is 1.56. The maximum absolute atomic E-state index is 13.3. The molecule has 0 radical (unpaired) electrons. The van der Waals surface area contributed by atoms with Gasteiger partial charge in [0.05, 0.1) is 17.8 Å². The highest BCUT2D eigenvalue weighted by molar-refractivity contribution is 6.30. The third-order valence-electron chi connectivity index (χ3n) is 6.25. The average molecular weight is 424 g/mol. The van der Waals surface area contributed by atoms with Crippen LogP contribution in [0.25, 0.3) is 0 Å². The van der Waals surface area contributed by atoms with Gasteiger partial charge in [-0.2, -0.15) is 5.10 Å². The van der Waals surface area contributed by atoms with E-state index in [-0.39, 0.29) is 17.4 Å². The highest BCUT2D eigenvalue weighted by Gasteiger charge is 2.39. The van der Waals surface area contributed by atoms with E-state index in [1.807, 2.05) is 35.2 Å². The zero-order valence-electron chi connectivity index (χ0n) is 16.8. The van der Waals surface area contributed by atoms with Crippen molar-refractivity contribution in [3.63, 3.8) is 0 Å². The van der Waals surface area contributed by atoms with Gasteiger partial charge in [-0.05, 0) is 61.6 Å². The van der Waals surface area contributed by atoms with Crippen molar-refractivity contribution in [3.8, 4) is 0 Å². The van der Waals surface area contributed by atoms with E-state index in [2.05, 4.69) is 21.2 Å². The van der Waals surface area contributed by atoms with Gasteiger partial charge in [-0.25, -0.2) is 0 Å². The number of carbonyl (C=O) groups excluding carboxylic acids is 1. The number of pyridine rings is 1. The number of H-pyrrole nitrogens is 1. The number of hydrogen-bond donors (Lipinski definition) is 2. The maximum atomic E-state index is 13.3. The van der Waals surface area contributed by atoms with Gasteiger partial charge < -0.3 is 10.6 Å². The number of aromatic nitrogens is 3. The van der Waals surface area contributed by atoms with Crippen molar-refractivity contribution in [3.05, 3.63) is 82.9 Å². The smallest absolute Gasteiger partial charge is 0.256 e. The summed E-state index contributed by atoms with van der Waals surface area (Å²) in [5.41, 5.74) is 8.86. The molecule has 1 fully saturated rings. The fourth-order valence-electron chi connectivity index (χ4n) is 4.47. The van der Waals surface area contributed by atoms with Crippen molar-refractivity contribution in [2.45, 2.75) is 43.7 Å². The van der Waals surface area contributed by atoms with E-state index in [1.165, 1.54) is 5.56 Å². The first-order valence-corrected chi connectivity index (χ1v) is 10.6. The zero-order valence-corrected chi connectivity index (χ0v) is 17.6. The van der Waals surface area contributed by atoms with Gasteiger partial charge in [0.25, 0.3) is 5.91 Å². The van der Waals surface area contributed by atoms with E-state index in [0.717, 1.165) is 36.4 Å². The molecule has 1 aliphatic rings. The van der Waals surface area contributed by atoms with Gasteiger partial charge in [0.1, 0.15) is 0 Å². The molecule has 3 N–H and O–H groups in total. The van der Waals surface area contributed by atoms with Crippen molar-refractivity contribution in [2.75, 3.05) is 6.54 Å². The van der Waals surface area contributed by atoms with Crippen LogP contribution in [0.5, 0.6) is 0 Å². The summed E-state index contributed by atoms with van der Waals surface area (Å²) in [4.78, 5) is 19.4. The minimum Gasteiger partial charge on any atom is -0.330 e. The van der Waals surface area contributed by atoms with Crippen LogP contribution < -0.4 is 5.73 Å². The molecule has 0 atom stereocenters. The molecule has 6 nitrogen and oxygen atoms in total. The third-order valence-corrected chi connectivity index (χ3v) is 6.48. The lowest BCUT2D eigenvalue weighted by atomic mass is 9.68. The molecular formula is C23H26ClN5O. The van der Waals surface area contributed by atoms with Crippen LogP contribution in [0.1, 0.15) is 47.3 Å². The molecule has 30 heavy (non-hydrogen) atoms. The van der Waals surface area contributed by atoms with Crippen LogP contribution in [0.3, 0.4) is 0 Å². The van der Waals surface area contributed by atoms with Crippen LogP contribution in [0.4, 0.5) is 0 Å². The zero-order chi connectivity index (χ0) is 21.0. The molecule has 1 saturated carbocycles. The average Bonchev–Trinajstić information content (AvgIpc) is 3.31. The molecule has 2 heterocycles. The molecule has 7 heteroatoms. The van der Waals surface area contributed by atoms with Gasteiger partial charge in [-0.15, -0.1) is 0 Å². The first-order chi connectivity index (χ1) is 14.6. The Morgan fingerprint density at radius 1 is 1.20 bits per heavy atom. The summed E-state index contributed by atoms with van der Waals surface area (Å²) in [5.74, 6) is -0.00861. The van der Waals surface area contributed by atoms with E-state index in [4.69, 9.17) is 17.3 Å². The Kier molecular flexibility index (Phi) is 6.16. The summed E-state index contributed by atoms with van der Waals surface area (Å²) in [6, 6.07) is 13.6. The number of halogens is 1. The summed E-state index contributed by atoms with van der Waals surface area (Å²) in [7, 11) is 0. The van der Waals surface area contributed by atoms with Crippen LogP contribution in [0.2, 0.25) is 5.02 Å². The lowest BCUT2D eigenvalue weighted by molar-refractivity contribution is 0.0569. The number of nitrogens with zero attached hydrogens (tertiary/aromatic N) is 3. The van der Waals surface area contributed by atoms with E-state index in [1.54, 1.807) is 24.7 Å². The van der Waals surface area contributed by atoms with Crippen molar-refractivity contribution in [1.29, 1.82) is 0 Å². The number of nitrogens with one attached hydrogen (secondary N) is 1. The van der Waals surface area contributed by atoms with Gasteiger partial charge in [-0.1, -0.05) is 23.7 Å². The topological polar surface area (TPSA) is 87.9 Å². The monoisotopic (exact) mass is 423 g/mol. The molecule has 3 aromatic rings.